The fourth-order valence-corrected chi connectivity index (χ4v) is 2.31. The summed E-state index contributed by atoms with van der Waals surface area (Å²) in [5, 5.41) is 16.8. The minimum Gasteiger partial charge on any atom is -0.481 e. The molecule has 6 heteroatoms. The van der Waals surface area contributed by atoms with Crippen LogP contribution in [0.15, 0.2) is 0 Å². The van der Waals surface area contributed by atoms with E-state index in [9.17, 15) is 4.79 Å². The molecule has 0 aliphatic carbocycles. The van der Waals surface area contributed by atoms with Gasteiger partial charge in [-0.05, 0) is 32.9 Å². The summed E-state index contributed by atoms with van der Waals surface area (Å²) in [4.78, 5) is 13.0. The van der Waals surface area contributed by atoms with E-state index in [2.05, 4.69) is 15.2 Å². The summed E-state index contributed by atoms with van der Waals surface area (Å²) in [6.07, 6.45) is 3.16. The Balaban J connectivity index is 1.86. The quantitative estimate of drug-likeness (QED) is 0.807. The summed E-state index contributed by atoms with van der Waals surface area (Å²) in [6, 6.07) is 0. The molecule has 0 saturated carbocycles. The van der Waals surface area contributed by atoms with E-state index >= 15 is 0 Å². The highest BCUT2D eigenvalue weighted by molar-refractivity contribution is 5.66. The lowest BCUT2D eigenvalue weighted by atomic mass is 10.2. The number of carboxylic acid groups (broad SMARTS) is 1. The van der Waals surface area contributed by atoms with Crippen molar-refractivity contribution in [3.05, 3.63) is 11.4 Å². The van der Waals surface area contributed by atoms with Gasteiger partial charge in [-0.3, -0.25) is 4.79 Å². The standard InChI is InChI=1S/C12H20N4O2/c1-10-11(4-5-12(17)18)13-14-16(10)9-8-15-6-2-3-7-15/h2-9H2,1H3,(H,17,18). The van der Waals surface area contributed by atoms with Crippen LogP contribution in [-0.2, 0) is 17.8 Å². The molecule has 1 N–H and O–H groups in total. The summed E-state index contributed by atoms with van der Waals surface area (Å²) < 4.78 is 1.88. The second-order valence-corrected chi connectivity index (χ2v) is 4.79. The maximum atomic E-state index is 10.5. The number of carbonyl (C=O) groups is 1. The maximum Gasteiger partial charge on any atom is 0.303 e. The molecule has 2 heterocycles. The Bertz CT molecular complexity index is 410. The van der Waals surface area contributed by atoms with Crippen molar-refractivity contribution in [2.24, 2.45) is 0 Å². The molecule has 100 valence electrons. The van der Waals surface area contributed by atoms with E-state index < -0.39 is 5.97 Å². The maximum absolute atomic E-state index is 10.5. The van der Waals surface area contributed by atoms with Crippen molar-refractivity contribution in [3.8, 4) is 0 Å². The first-order valence-corrected chi connectivity index (χ1v) is 6.50. The van der Waals surface area contributed by atoms with Crippen molar-refractivity contribution in [2.75, 3.05) is 19.6 Å². The van der Waals surface area contributed by atoms with Gasteiger partial charge >= 0.3 is 5.97 Å². The molecule has 6 nitrogen and oxygen atoms in total. The first-order chi connectivity index (χ1) is 8.66. The second-order valence-electron chi connectivity index (χ2n) is 4.79. The average Bonchev–Trinajstić information content (AvgIpc) is 2.94. The molecule has 0 aromatic carbocycles. The number of carboxylic acids is 1. The highest BCUT2D eigenvalue weighted by Crippen LogP contribution is 2.09. The molecular formula is C12H20N4O2. The van der Waals surface area contributed by atoms with Gasteiger partial charge in [0.05, 0.1) is 24.4 Å². The summed E-state index contributed by atoms with van der Waals surface area (Å²) in [5.74, 6) is -0.791. The largest absolute Gasteiger partial charge is 0.481 e. The molecule has 0 bridgehead atoms. The molecule has 1 aliphatic heterocycles. The number of hydrogen-bond acceptors (Lipinski definition) is 4. The van der Waals surface area contributed by atoms with Crippen LogP contribution in [0.5, 0.6) is 0 Å². The van der Waals surface area contributed by atoms with Gasteiger partial charge in [-0.15, -0.1) is 5.10 Å². The van der Waals surface area contributed by atoms with Crippen LogP contribution in [0.1, 0.15) is 30.7 Å². The molecule has 0 unspecified atom stereocenters. The molecule has 0 atom stereocenters. The number of aliphatic carboxylic acids is 1. The van der Waals surface area contributed by atoms with Crippen LogP contribution < -0.4 is 0 Å². The summed E-state index contributed by atoms with van der Waals surface area (Å²) in [6.45, 7) is 6.16. The minimum atomic E-state index is -0.791. The fourth-order valence-electron chi connectivity index (χ4n) is 2.31. The molecular weight excluding hydrogens is 232 g/mol. The van der Waals surface area contributed by atoms with Gasteiger partial charge in [-0.25, -0.2) is 4.68 Å². The lowest BCUT2D eigenvalue weighted by Crippen LogP contribution is -2.24. The van der Waals surface area contributed by atoms with Gasteiger partial charge in [0.15, 0.2) is 0 Å². The van der Waals surface area contributed by atoms with Gasteiger partial charge in [-0.2, -0.15) is 0 Å². The molecule has 1 fully saturated rings. The van der Waals surface area contributed by atoms with Crippen molar-refractivity contribution < 1.29 is 9.90 Å². The van der Waals surface area contributed by atoms with E-state index in [4.69, 9.17) is 5.11 Å². The molecule has 0 radical (unpaired) electrons. The van der Waals surface area contributed by atoms with Gasteiger partial charge in [0.2, 0.25) is 0 Å². The van der Waals surface area contributed by atoms with Crippen molar-refractivity contribution in [1.29, 1.82) is 0 Å². The monoisotopic (exact) mass is 252 g/mol. The van der Waals surface area contributed by atoms with Crippen molar-refractivity contribution in [1.82, 2.24) is 19.9 Å². The van der Waals surface area contributed by atoms with E-state index in [0.29, 0.717) is 6.42 Å². The Kier molecular flexibility index (Phi) is 4.30. The Labute approximate surface area is 107 Å². The molecule has 18 heavy (non-hydrogen) atoms. The van der Waals surface area contributed by atoms with Crippen LogP contribution in [0.4, 0.5) is 0 Å². The lowest BCUT2D eigenvalue weighted by Gasteiger charge is -2.14. The van der Waals surface area contributed by atoms with Crippen LogP contribution in [-0.4, -0.2) is 50.6 Å². The van der Waals surface area contributed by atoms with E-state index in [1.165, 1.54) is 25.9 Å². The molecule has 1 aliphatic rings. The highest BCUT2D eigenvalue weighted by atomic mass is 16.4. The number of nitrogens with zero attached hydrogens (tertiary/aromatic N) is 4. The second kappa shape index (κ2) is 5.95. The average molecular weight is 252 g/mol. The van der Waals surface area contributed by atoms with Crippen LogP contribution in [0.2, 0.25) is 0 Å². The zero-order chi connectivity index (χ0) is 13.0. The third-order valence-electron chi connectivity index (χ3n) is 3.48. The van der Waals surface area contributed by atoms with Crippen molar-refractivity contribution in [2.45, 2.75) is 39.2 Å². The number of likely N-dealkylation sites (tertiary alicyclic amines) is 1. The highest BCUT2D eigenvalue weighted by Gasteiger charge is 2.13. The van der Waals surface area contributed by atoms with E-state index in [-0.39, 0.29) is 6.42 Å². The third-order valence-corrected chi connectivity index (χ3v) is 3.48. The summed E-state index contributed by atoms with van der Waals surface area (Å²) >= 11 is 0. The number of rotatable bonds is 6. The number of aryl methyl sites for hydroxylation is 1. The summed E-state index contributed by atoms with van der Waals surface area (Å²) in [5.41, 5.74) is 1.80. The number of aromatic nitrogens is 3. The van der Waals surface area contributed by atoms with Gasteiger partial charge in [0.1, 0.15) is 0 Å². The van der Waals surface area contributed by atoms with Crippen LogP contribution >= 0.6 is 0 Å². The van der Waals surface area contributed by atoms with Gasteiger partial charge in [0.25, 0.3) is 0 Å². The SMILES string of the molecule is Cc1c(CCC(=O)O)nnn1CCN1CCCC1. The molecule has 1 aromatic heterocycles. The van der Waals surface area contributed by atoms with E-state index in [0.717, 1.165) is 24.5 Å². The van der Waals surface area contributed by atoms with Crippen LogP contribution in [0.3, 0.4) is 0 Å². The molecule has 2 rings (SSSR count). The normalized spacial score (nSPS) is 16.3. The summed E-state index contributed by atoms with van der Waals surface area (Å²) in [7, 11) is 0. The lowest BCUT2D eigenvalue weighted by molar-refractivity contribution is -0.136. The van der Waals surface area contributed by atoms with Gasteiger partial charge < -0.3 is 10.0 Å². The Morgan fingerprint density at radius 1 is 1.33 bits per heavy atom. The predicted molar refractivity (Wildman–Crippen MR) is 66.4 cm³/mol. The Morgan fingerprint density at radius 2 is 2.06 bits per heavy atom. The van der Waals surface area contributed by atoms with Gasteiger partial charge in [-0.1, -0.05) is 5.21 Å². The molecule has 0 amide bonds. The minimum absolute atomic E-state index is 0.117. The molecule has 1 saturated heterocycles. The predicted octanol–water partition coefficient (Wildman–Crippen LogP) is 0.700. The fraction of sp³-hybridized carbons (Fsp3) is 0.750. The first kappa shape index (κ1) is 13.0. The van der Waals surface area contributed by atoms with Crippen molar-refractivity contribution in [3.63, 3.8) is 0 Å². The zero-order valence-corrected chi connectivity index (χ0v) is 10.8. The smallest absolute Gasteiger partial charge is 0.303 e. The van der Waals surface area contributed by atoms with Gasteiger partial charge in [0, 0.05) is 13.0 Å². The van der Waals surface area contributed by atoms with Crippen LogP contribution in [0.25, 0.3) is 0 Å². The van der Waals surface area contributed by atoms with Crippen molar-refractivity contribution >= 4 is 5.97 Å². The van der Waals surface area contributed by atoms with Crippen LogP contribution in [0, 0.1) is 6.92 Å². The Hall–Kier alpha value is -1.43. The van der Waals surface area contributed by atoms with E-state index in [1.807, 2.05) is 11.6 Å². The Morgan fingerprint density at radius 3 is 2.72 bits per heavy atom. The molecule has 1 aromatic rings. The third kappa shape index (κ3) is 3.29. The number of hydrogen-bond donors (Lipinski definition) is 1. The first-order valence-electron chi connectivity index (χ1n) is 6.50. The molecule has 0 spiro atoms. The van der Waals surface area contributed by atoms with E-state index in [1.54, 1.807) is 0 Å². The topological polar surface area (TPSA) is 71.2 Å². The zero-order valence-electron chi connectivity index (χ0n) is 10.8.